The van der Waals surface area contributed by atoms with Crippen LogP contribution in [0.25, 0.3) is 0 Å². The van der Waals surface area contributed by atoms with E-state index in [0.717, 1.165) is 11.8 Å². The Kier molecular flexibility index (Phi) is 7.21. The SMILES string of the molecule is Cc1ccc(N2C(=O)[C@@H](/C=N\NC(=O)COc3ccc(Cl)cc3Cl)C(=O)NC2=S)cc1. The van der Waals surface area contributed by atoms with Gasteiger partial charge in [0.05, 0.1) is 10.7 Å². The average molecular weight is 479 g/mol. The predicted octanol–water partition coefficient (Wildman–Crippen LogP) is 2.85. The second-order valence-electron chi connectivity index (χ2n) is 6.46. The highest BCUT2D eigenvalue weighted by Crippen LogP contribution is 2.27. The van der Waals surface area contributed by atoms with Crippen molar-refractivity contribution in [3.05, 3.63) is 58.1 Å². The van der Waals surface area contributed by atoms with Crippen molar-refractivity contribution in [2.45, 2.75) is 6.92 Å². The lowest BCUT2D eigenvalue weighted by atomic mass is 10.1. The van der Waals surface area contributed by atoms with Gasteiger partial charge in [0.1, 0.15) is 5.75 Å². The molecule has 1 heterocycles. The molecule has 1 saturated heterocycles. The van der Waals surface area contributed by atoms with Crippen LogP contribution >= 0.6 is 35.4 Å². The highest BCUT2D eigenvalue weighted by atomic mass is 35.5. The number of hydrogen-bond acceptors (Lipinski definition) is 6. The van der Waals surface area contributed by atoms with Gasteiger partial charge in [-0.1, -0.05) is 40.9 Å². The lowest BCUT2D eigenvalue weighted by Crippen LogP contribution is -2.58. The number of nitrogens with one attached hydrogen (secondary N) is 2. The van der Waals surface area contributed by atoms with Gasteiger partial charge in [0.2, 0.25) is 5.91 Å². The van der Waals surface area contributed by atoms with Crippen LogP contribution in [0.4, 0.5) is 5.69 Å². The first-order chi connectivity index (χ1) is 14.8. The molecule has 8 nitrogen and oxygen atoms in total. The van der Waals surface area contributed by atoms with Gasteiger partial charge in [0, 0.05) is 11.2 Å². The van der Waals surface area contributed by atoms with Gasteiger partial charge < -0.3 is 10.1 Å². The molecule has 0 bridgehead atoms. The average Bonchev–Trinajstić information content (AvgIpc) is 2.71. The fourth-order valence-electron chi connectivity index (χ4n) is 2.61. The Morgan fingerprint density at radius 2 is 1.97 bits per heavy atom. The molecule has 0 unspecified atom stereocenters. The van der Waals surface area contributed by atoms with Gasteiger partial charge in [0.25, 0.3) is 11.8 Å². The lowest BCUT2D eigenvalue weighted by Gasteiger charge is -2.30. The molecule has 2 aromatic rings. The largest absolute Gasteiger partial charge is 0.482 e. The summed E-state index contributed by atoms with van der Waals surface area (Å²) in [6, 6.07) is 11.6. The number of nitrogens with zero attached hydrogens (tertiary/aromatic N) is 2. The molecule has 3 amide bonds. The first kappa shape index (κ1) is 22.7. The fraction of sp³-hybridized carbons (Fsp3) is 0.150. The topological polar surface area (TPSA) is 100 Å². The van der Waals surface area contributed by atoms with E-state index in [0.29, 0.717) is 10.7 Å². The summed E-state index contributed by atoms with van der Waals surface area (Å²) in [5.74, 6) is -2.83. The van der Waals surface area contributed by atoms with Gasteiger partial charge in [-0.25, -0.2) is 5.43 Å². The zero-order valence-corrected chi connectivity index (χ0v) is 18.4. The van der Waals surface area contributed by atoms with Crippen molar-refractivity contribution in [2.24, 2.45) is 11.0 Å². The third-order valence-corrected chi connectivity index (χ3v) is 4.97. The molecule has 0 saturated carbocycles. The summed E-state index contributed by atoms with van der Waals surface area (Å²) in [5, 5.41) is 6.82. The van der Waals surface area contributed by atoms with Gasteiger partial charge >= 0.3 is 0 Å². The summed E-state index contributed by atoms with van der Waals surface area (Å²) in [6.07, 6.45) is 1.04. The summed E-state index contributed by atoms with van der Waals surface area (Å²) >= 11 is 16.9. The van der Waals surface area contributed by atoms with Crippen molar-refractivity contribution < 1.29 is 19.1 Å². The molecule has 2 aromatic carbocycles. The molecular formula is C20H16Cl2N4O4S. The van der Waals surface area contributed by atoms with Gasteiger partial charge in [-0.3, -0.25) is 19.3 Å². The molecule has 1 fully saturated rings. The number of amides is 3. The Morgan fingerprint density at radius 3 is 2.65 bits per heavy atom. The van der Waals surface area contributed by atoms with Crippen molar-refractivity contribution in [3.8, 4) is 5.75 Å². The van der Waals surface area contributed by atoms with E-state index in [2.05, 4.69) is 15.8 Å². The molecular weight excluding hydrogens is 463 g/mol. The highest BCUT2D eigenvalue weighted by molar-refractivity contribution is 7.80. The molecule has 0 radical (unpaired) electrons. The van der Waals surface area contributed by atoms with Crippen LogP contribution in [0, 0.1) is 12.8 Å². The molecule has 31 heavy (non-hydrogen) atoms. The Labute approximate surface area is 193 Å². The molecule has 0 spiro atoms. The number of hydrogen-bond donors (Lipinski definition) is 2. The minimum absolute atomic E-state index is 0.0271. The normalized spacial score (nSPS) is 16.4. The minimum atomic E-state index is -1.26. The first-order valence-electron chi connectivity index (χ1n) is 8.91. The van der Waals surface area contributed by atoms with Gasteiger partial charge in [0.15, 0.2) is 17.6 Å². The quantitative estimate of drug-likeness (QED) is 0.287. The highest BCUT2D eigenvalue weighted by Gasteiger charge is 2.38. The van der Waals surface area contributed by atoms with Crippen LogP contribution in [-0.2, 0) is 14.4 Å². The van der Waals surface area contributed by atoms with Crippen molar-refractivity contribution in [1.29, 1.82) is 0 Å². The lowest BCUT2D eigenvalue weighted by molar-refractivity contribution is -0.130. The Balaban J connectivity index is 1.61. The summed E-state index contributed by atoms with van der Waals surface area (Å²) < 4.78 is 5.29. The molecule has 2 N–H and O–H groups in total. The van der Waals surface area contributed by atoms with Crippen LogP contribution in [0.3, 0.4) is 0 Å². The number of rotatable bonds is 6. The Morgan fingerprint density at radius 1 is 1.26 bits per heavy atom. The van der Waals surface area contributed by atoms with Crippen molar-refractivity contribution >= 4 is 70.2 Å². The zero-order valence-electron chi connectivity index (χ0n) is 16.1. The van der Waals surface area contributed by atoms with E-state index in [1.165, 1.54) is 17.0 Å². The molecule has 11 heteroatoms. The summed E-state index contributed by atoms with van der Waals surface area (Å²) in [7, 11) is 0. The Hall–Kier alpha value is -3.01. The summed E-state index contributed by atoms with van der Waals surface area (Å²) in [5.41, 5.74) is 3.71. The zero-order chi connectivity index (χ0) is 22.5. The third-order valence-electron chi connectivity index (χ3n) is 4.16. The summed E-state index contributed by atoms with van der Waals surface area (Å²) in [4.78, 5) is 38.1. The number of anilines is 1. The number of halogens is 2. The molecule has 0 aromatic heterocycles. The second-order valence-corrected chi connectivity index (χ2v) is 7.69. The van der Waals surface area contributed by atoms with Crippen LogP contribution < -0.4 is 20.4 Å². The number of ether oxygens (including phenoxy) is 1. The van der Waals surface area contributed by atoms with Crippen LogP contribution in [0.1, 0.15) is 5.56 Å². The van der Waals surface area contributed by atoms with Crippen molar-refractivity contribution in [1.82, 2.24) is 10.7 Å². The van der Waals surface area contributed by atoms with E-state index < -0.39 is 23.6 Å². The molecule has 160 valence electrons. The monoisotopic (exact) mass is 478 g/mol. The number of benzene rings is 2. The number of thiocarbonyl (C=S) groups is 1. The van der Waals surface area contributed by atoms with E-state index in [9.17, 15) is 14.4 Å². The number of carbonyl (C=O) groups is 3. The number of aryl methyl sites for hydroxylation is 1. The molecule has 1 aliphatic rings. The molecule has 3 rings (SSSR count). The predicted molar refractivity (Wildman–Crippen MR) is 121 cm³/mol. The standard InChI is InChI=1S/C20H16Cl2N4O4S/c1-11-2-5-13(6-3-11)26-19(29)14(18(28)24-20(26)31)9-23-25-17(27)10-30-16-7-4-12(21)8-15(16)22/h2-9,14H,10H2,1H3,(H,25,27)(H,24,28,31)/b23-9-/t14-/m0/s1. The van der Waals surface area contributed by atoms with Crippen LogP contribution in [0.5, 0.6) is 5.75 Å². The molecule has 1 aliphatic heterocycles. The van der Waals surface area contributed by atoms with Crippen molar-refractivity contribution in [3.63, 3.8) is 0 Å². The van der Waals surface area contributed by atoms with E-state index >= 15 is 0 Å². The minimum Gasteiger partial charge on any atom is -0.482 e. The van der Waals surface area contributed by atoms with E-state index in [1.807, 2.05) is 19.1 Å². The van der Waals surface area contributed by atoms with Gasteiger partial charge in [-0.05, 0) is 49.5 Å². The summed E-state index contributed by atoms with van der Waals surface area (Å²) in [6.45, 7) is 1.52. The number of carbonyl (C=O) groups excluding carboxylic acids is 3. The smallest absolute Gasteiger partial charge is 0.277 e. The Bertz CT molecular complexity index is 1080. The maximum absolute atomic E-state index is 12.8. The molecule has 0 aliphatic carbocycles. The fourth-order valence-corrected chi connectivity index (χ4v) is 3.37. The maximum atomic E-state index is 12.8. The molecule has 1 atom stereocenters. The number of hydrazone groups is 1. The third kappa shape index (κ3) is 5.57. The van der Waals surface area contributed by atoms with Gasteiger partial charge in [-0.2, -0.15) is 5.10 Å². The van der Waals surface area contributed by atoms with E-state index in [4.69, 9.17) is 40.2 Å². The van der Waals surface area contributed by atoms with E-state index in [1.54, 1.807) is 18.2 Å². The maximum Gasteiger partial charge on any atom is 0.277 e. The van der Waals surface area contributed by atoms with Gasteiger partial charge in [-0.15, -0.1) is 0 Å². The van der Waals surface area contributed by atoms with Crippen LogP contribution in [-0.4, -0.2) is 35.7 Å². The van der Waals surface area contributed by atoms with Crippen molar-refractivity contribution in [2.75, 3.05) is 11.5 Å². The first-order valence-corrected chi connectivity index (χ1v) is 10.1. The van der Waals surface area contributed by atoms with Crippen LogP contribution in [0.15, 0.2) is 47.6 Å². The second kappa shape index (κ2) is 9.86. The van der Waals surface area contributed by atoms with E-state index in [-0.39, 0.29) is 22.5 Å². The van der Waals surface area contributed by atoms with Crippen LogP contribution in [0.2, 0.25) is 10.0 Å².